The molecule has 0 aliphatic carbocycles. The number of ether oxygens (including phenoxy) is 3. The molecule has 0 bridgehead atoms. The number of carbonyl (C=O) groups excluding carboxylic acids is 1. The van der Waals surface area contributed by atoms with Crippen molar-refractivity contribution in [1.82, 2.24) is 19.5 Å². The minimum Gasteiger partial charge on any atom is -0.497 e. The number of anilines is 1. The Bertz CT molecular complexity index is 1710. The summed E-state index contributed by atoms with van der Waals surface area (Å²) in [6, 6.07) is 9.04. The van der Waals surface area contributed by atoms with Gasteiger partial charge in [0.25, 0.3) is 5.91 Å². The second-order valence-corrected chi connectivity index (χ2v) is 11.6. The van der Waals surface area contributed by atoms with E-state index in [9.17, 15) is 9.59 Å². The van der Waals surface area contributed by atoms with E-state index >= 15 is 0 Å². The van der Waals surface area contributed by atoms with Crippen LogP contribution in [0.3, 0.4) is 0 Å². The number of methoxy groups -OCH3 is 3. The van der Waals surface area contributed by atoms with Gasteiger partial charge in [0.1, 0.15) is 28.7 Å². The first-order valence-corrected chi connectivity index (χ1v) is 16.9. The van der Waals surface area contributed by atoms with E-state index < -0.39 is 5.56 Å². The predicted molar refractivity (Wildman–Crippen MR) is 191 cm³/mol. The Labute approximate surface area is 283 Å². The molecule has 1 aliphatic rings. The molecule has 0 N–H and O–H groups in total. The van der Waals surface area contributed by atoms with Crippen molar-refractivity contribution in [2.45, 2.75) is 73.1 Å². The number of amides is 1. The van der Waals surface area contributed by atoms with Gasteiger partial charge in [-0.15, -0.1) is 0 Å². The van der Waals surface area contributed by atoms with Gasteiger partial charge in [0.15, 0.2) is 11.5 Å². The molecule has 0 saturated carbocycles. The van der Waals surface area contributed by atoms with Crippen molar-refractivity contribution in [1.29, 1.82) is 0 Å². The number of pyridine rings is 1. The van der Waals surface area contributed by atoms with E-state index in [0.717, 1.165) is 62.1 Å². The Morgan fingerprint density at radius 1 is 0.875 bits per heavy atom. The Balaban J connectivity index is 1.95. The Kier molecular flexibility index (Phi) is 12.7. The van der Waals surface area contributed by atoms with Gasteiger partial charge in [-0.25, -0.2) is 15.0 Å². The molecule has 258 valence electrons. The van der Waals surface area contributed by atoms with Gasteiger partial charge in [-0.1, -0.05) is 40.0 Å². The largest absolute Gasteiger partial charge is 0.497 e. The third-order valence-corrected chi connectivity index (χ3v) is 8.34. The van der Waals surface area contributed by atoms with Gasteiger partial charge >= 0.3 is 5.56 Å². The molecule has 12 heteroatoms. The number of aromatic nitrogens is 3. The molecule has 0 unspecified atom stereocenters. The quantitative estimate of drug-likeness (QED) is 0.172. The van der Waals surface area contributed by atoms with E-state index in [0.29, 0.717) is 41.5 Å². The van der Waals surface area contributed by atoms with Crippen LogP contribution in [0, 0.1) is 6.92 Å². The minimum absolute atomic E-state index is 0.0465. The number of rotatable bonds is 17. The summed E-state index contributed by atoms with van der Waals surface area (Å²) in [4.78, 5) is 47.1. The van der Waals surface area contributed by atoms with Crippen LogP contribution in [-0.2, 0) is 4.79 Å². The molecule has 3 aromatic rings. The molecule has 12 nitrogen and oxygen atoms in total. The van der Waals surface area contributed by atoms with Crippen LogP contribution in [0.1, 0.15) is 77.7 Å². The number of hydrogen-bond acceptors (Lipinski definition) is 10. The maximum absolute atomic E-state index is 14.3. The predicted octanol–water partition coefficient (Wildman–Crippen LogP) is 6.03. The van der Waals surface area contributed by atoms with Crippen LogP contribution in [0.5, 0.6) is 17.2 Å². The lowest BCUT2D eigenvalue weighted by Crippen LogP contribution is -2.40. The monoisotopic (exact) mass is 659 g/mol. The summed E-state index contributed by atoms with van der Waals surface area (Å²) in [6.07, 6.45) is 5.68. The van der Waals surface area contributed by atoms with Crippen LogP contribution < -0.4 is 24.7 Å². The third-order valence-electron chi connectivity index (χ3n) is 8.34. The highest BCUT2D eigenvalue weighted by Gasteiger charge is 2.36. The second-order valence-electron chi connectivity index (χ2n) is 11.6. The number of aryl methyl sites for hydroxylation is 1. The maximum Gasteiger partial charge on any atom is 0.317 e. The molecular formula is C36H49N7O5. The Morgan fingerprint density at radius 3 is 2.15 bits per heavy atom. The molecule has 2 aromatic heterocycles. The van der Waals surface area contributed by atoms with E-state index in [4.69, 9.17) is 29.2 Å². The van der Waals surface area contributed by atoms with E-state index in [1.165, 1.54) is 14.2 Å². The topological polar surface area (TPSA) is 124 Å². The summed E-state index contributed by atoms with van der Waals surface area (Å²) in [7, 11) is 4.49. The van der Waals surface area contributed by atoms with Gasteiger partial charge in [0, 0.05) is 26.2 Å². The molecule has 0 spiro atoms. The first-order valence-electron chi connectivity index (χ1n) is 16.9. The van der Waals surface area contributed by atoms with Gasteiger partial charge in [-0.3, -0.25) is 9.59 Å². The summed E-state index contributed by atoms with van der Waals surface area (Å²) >= 11 is 0. The van der Waals surface area contributed by atoms with Gasteiger partial charge in [0.2, 0.25) is 5.75 Å². The first kappa shape index (κ1) is 36.1. The number of fused-ring (bicyclic) bond motifs is 1. The van der Waals surface area contributed by atoms with Gasteiger partial charge in [0.05, 0.1) is 38.3 Å². The van der Waals surface area contributed by atoms with E-state index in [-0.39, 0.29) is 34.6 Å². The van der Waals surface area contributed by atoms with Crippen LogP contribution in [0.25, 0.3) is 11.3 Å². The zero-order valence-corrected chi connectivity index (χ0v) is 29.6. The van der Waals surface area contributed by atoms with Crippen LogP contribution in [0.2, 0.25) is 0 Å². The highest BCUT2D eigenvalue weighted by atomic mass is 16.5. The van der Waals surface area contributed by atoms with Crippen molar-refractivity contribution < 1.29 is 19.0 Å². The number of hydrogen-bond donors (Lipinski definition) is 0. The second kappa shape index (κ2) is 16.9. The fourth-order valence-electron chi connectivity index (χ4n) is 5.51. The normalized spacial score (nSPS) is 12.9. The minimum atomic E-state index is -0.578. The van der Waals surface area contributed by atoms with Crippen molar-refractivity contribution in [2.75, 3.05) is 52.4 Å². The number of aliphatic imine (C=N–C) groups is 1. The van der Waals surface area contributed by atoms with Gasteiger partial charge < -0.3 is 24.0 Å². The molecule has 4 rings (SSSR count). The van der Waals surface area contributed by atoms with E-state index in [2.05, 4.69) is 37.7 Å². The molecule has 0 saturated heterocycles. The number of nitrogens with zero attached hydrogens (tertiary/aromatic N) is 7. The lowest BCUT2D eigenvalue weighted by Gasteiger charge is -2.23. The fourth-order valence-corrected chi connectivity index (χ4v) is 5.51. The van der Waals surface area contributed by atoms with Crippen LogP contribution >= 0.6 is 0 Å². The molecule has 0 radical (unpaired) electrons. The van der Waals surface area contributed by atoms with E-state index in [1.54, 1.807) is 30.2 Å². The van der Waals surface area contributed by atoms with Crippen molar-refractivity contribution in [3.8, 4) is 28.5 Å². The van der Waals surface area contributed by atoms with Crippen molar-refractivity contribution in [3.05, 3.63) is 52.2 Å². The third kappa shape index (κ3) is 7.69. The van der Waals surface area contributed by atoms with Crippen LogP contribution in [0.15, 0.2) is 45.2 Å². The zero-order chi connectivity index (χ0) is 34.8. The lowest BCUT2D eigenvalue weighted by molar-refractivity contribution is -0.124. The fraction of sp³-hybridized carbons (Fsp3) is 0.500. The highest BCUT2D eigenvalue weighted by Crippen LogP contribution is 2.37. The summed E-state index contributed by atoms with van der Waals surface area (Å²) in [5.41, 5.74) is 1.59. The summed E-state index contributed by atoms with van der Waals surface area (Å²) < 4.78 is 17.8. The summed E-state index contributed by atoms with van der Waals surface area (Å²) in [5, 5.41) is 4.58. The van der Waals surface area contributed by atoms with E-state index in [1.807, 2.05) is 19.1 Å². The van der Waals surface area contributed by atoms with Crippen LogP contribution in [0.4, 0.5) is 11.5 Å². The molecule has 1 aliphatic heterocycles. The summed E-state index contributed by atoms with van der Waals surface area (Å²) in [6.45, 7) is 13.2. The van der Waals surface area contributed by atoms with Gasteiger partial charge in [-0.2, -0.15) is 9.78 Å². The summed E-state index contributed by atoms with van der Waals surface area (Å²) in [5.74, 6) is 1.63. The molecule has 1 aromatic carbocycles. The number of benzene rings is 1. The maximum atomic E-state index is 14.3. The number of unbranched alkanes of at least 4 members (excludes halogenated alkanes) is 3. The smallest absolute Gasteiger partial charge is 0.317 e. The first-order chi connectivity index (χ1) is 23.3. The molecule has 48 heavy (non-hydrogen) atoms. The highest BCUT2D eigenvalue weighted by molar-refractivity contribution is 6.70. The molecule has 1 amide bonds. The SMILES string of the molecule is CCCCN(CCCC)C(=O)C1=Nn2c(nc(-c3cc(OC)ccc3OC)c(OC)c2=O)C1=Nc1ccc(N(CC)CCCC)nc1C. The standard InChI is InChI=1S/C36H49N7O5/c1-9-13-20-41(12-4)29-19-17-27(24(5)37-29)38-31-32(35(44)42(21-14-10-2)22-15-11-3)40-43-34(31)39-30(33(48-8)36(43)45)26-23-25(46-6)16-18-28(26)47-7/h16-19,23H,9-15,20-22H2,1-8H3. The Morgan fingerprint density at radius 2 is 1.56 bits per heavy atom. The lowest BCUT2D eigenvalue weighted by atomic mass is 10.1. The van der Waals surface area contributed by atoms with Gasteiger partial charge in [-0.05, 0) is 63.4 Å². The Hall–Kier alpha value is -4.74. The molecule has 0 atom stereocenters. The average molecular weight is 660 g/mol. The molecule has 3 heterocycles. The van der Waals surface area contributed by atoms with Crippen molar-refractivity contribution in [2.24, 2.45) is 10.1 Å². The molecule has 0 fully saturated rings. The molecular weight excluding hydrogens is 610 g/mol. The number of carbonyl (C=O) groups is 1. The van der Waals surface area contributed by atoms with Crippen molar-refractivity contribution >= 4 is 28.8 Å². The van der Waals surface area contributed by atoms with Crippen LogP contribution in [-0.4, -0.2) is 84.4 Å². The van der Waals surface area contributed by atoms with Crippen molar-refractivity contribution in [3.63, 3.8) is 0 Å². The average Bonchev–Trinajstić information content (AvgIpc) is 3.47. The zero-order valence-electron chi connectivity index (χ0n) is 29.6.